The normalized spacial score (nSPS) is 14.3. The first-order valence-electron chi connectivity index (χ1n) is 11.7. The third kappa shape index (κ3) is 5.99. The molecule has 0 aliphatic carbocycles. The zero-order valence-corrected chi connectivity index (χ0v) is 20.4. The lowest BCUT2D eigenvalue weighted by molar-refractivity contribution is -0.00211. The van der Waals surface area contributed by atoms with Gasteiger partial charge in [0.1, 0.15) is 22.2 Å². The lowest BCUT2D eigenvalue weighted by Gasteiger charge is -2.28. The van der Waals surface area contributed by atoms with Gasteiger partial charge in [0.2, 0.25) is 6.29 Å². The van der Waals surface area contributed by atoms with Gasteiger partial charge in [-0.25, -0.2) is 4.98 Å². The molecule has 0 radical (unpaired) electrons. The van der Waals surface area contributed by atoms with Gasteiger partial charge in [0, 0.05) is 32.1 Å². The minimum Gasteiger partial charge on any atom is -0.455 e. The van der Waals surface area contributed by atoms with Crippen LogP contribution in [0, 0.1) is 11.3 Å². The highest BCUT2D eigenvalue weighted by molar-refractivity contribution is 7.20. The van der Waals surface area contributed by atoms with Crippen LogP contribution in [0.3, 0.4) is 0 Å². The highest BCUT2D eigenvalue weighted by atomic mass is 32.1. The summed E-state index contributed by atoms with van der Waals surface area (Å²) in [5.41, 5.74) is 2.62. The van der Waals surface area contributed by atoms with E-state index in [9.17, 15) is 0 Å². The van der Waals surface area contributed by atoms with Crippen LogP contribution in [0.1, 0.15) is 31.7 Å². The molecule has 2 aromatic carbocycles. The number of anilines is 2. The minimum absolute atomic E-state index is 0.405. The van der Waals surface area contributed by atoms with Gasteiger partial charge in [0.05, 0.1) is 24.8 Å². The number of morpholine rings is 1. The Morgan fingerprint density at radius 1 is 1.09 bits per heavy atom. The lowest BCUT2D eigenvalue weighted by Crippen LogP contribution is -2.35. The number of nitrogens with zero attached hydrogens (tertiary/aromatic N) is 3. The lowest BCUT2D eigenvalue weighted by atomic mass is 10.1. The molecule has 0 spiro atoms. The van der Waals surface area contributed by atoms with Gasteiger partial charge < -0.3 is 24.4 Å². The third-order valence-corrected chi connectivity index (χ3v) is 6.69. The zero-order valence-electron chi connectivity index (χ0n) is 19.6. The van der Waals surface area contributed by atoms with Crippen LogP contribution in [-0.4, -0.2) is 44.6 Å². The molecule has 8 heteroatoms. The number of hydrogen-bond acceptors (Lipinski definition) is 8. The predicted octanol–water partition coefficient (Wildman–Crippen LogP) is 5.53. The first-order valence-corrected chi connectivity index (χ1v) is 12.5. The van der Waals surface area contributed by atoms with Crippen LogP contribution in [0.25, 0.3) is 11.3 Å². The fourth-order valence-electron chi connectivity index (χ4n) is 3.70. The van der Waals surface area contributed by atoms with E-state index >= 15 is 0 Å². The van der Waals surface area contributed by atoms with Crippen LogP contribution >= 0.6 is 11.3 Å². The predicted molar refractivity (Wildman–Crippen MR) is 136 cm³/mol. The Hall–Kier alpha value is -3.28. The number of benzene rings is 2. The summed E-state index contributed by atoms with van der Waals surface area (Å²) in [5.74, 6) is 1.43. The molecule has 34 heavy (non-hydrogen) atoms. The van der Waals surface area contributed by atoms with Gasteiger partial charge in [0.15, 0.2) is 5.13 Å². The molecule has 2 heterocycles. The topological polar surface area (TPSA) is 79.6 Å². The molecule has 1 N–H and O–H groups in total. The Balaban J connectivity index is 1.49. The van der Waals surface area contributed by atoms with Crippen LogP contribution in [0.2, 0.25) is 0 Å². The number of aromatic nitrogens is 1. The maximum atomic E-state index is 9.00. The van der Waals surface area contributed by atoms with Crippen molar-refractivity contribution in [2.75, 3.05) is 43.6 Å². The van der Waals surface area contributed by atoms with Gasteiger partial charge in [-0.3, -0.25) is 0 Å². The van der Waals surface area contributed by atoms with Crippen molar-refractivity contribution in [3.05, 3.63) is 54.1 Å². The maximum Gasteiger partial charge on any atom is 0.241 e. The second kappa shape index (κ2) is 11.7. The molecule has 3 aromatic rings. The van der Waals surface area contributed by atoms with Gasteiger partial charge in [-0.15, -0.1) is 0 Å². The number of hydrogen-bond donors (Lipinski definition) is 1. The second-order valence-corrected chi connectivity index (χ2v) is 8.97. The first kappa shape index (κ1) is 23.9. The van der Waals surface area contributed by atoms with Crippen molar-refractivity contribution in [1.82, 2.24) is 4.98 Å². The summed E-state index contributed by atoms with van der Waals surface area (Å²) < 4.78 is 17.8. The van der Waals surface area contributed by atoms with Crippen molar-refractivity contribution >= 4 is 21.5 Å². The van der Waals surface area contributed by atoms with E-state index in [1.54, 1.807) is 35.6 Å². The Morgan fingerprint density at radius 2 is 1.74 bits per heavy atom. The second-order valence-electron chi connectivity index (χ2n) is 7.99. The van der Waals surface area contributed by atoms with E-state index in [0.29, 0.717) is 11.3 Å². The monoisotopic (exact) mass is 478 g/mol. The molecule has 1 atom stereocenters. The SMILES string of the molecule is CCCCC(Oc1ccc(C#N)cc1)Oc1ccc(-c2nc(NC)sc2N2CCOCC2)cc1. The van der Waals surface area contributed by atoms with Gasteiger partial charge in [-0.05, 0) is 55.0 Å². The largest absolute Gasteiger partial charge is 0.455 e. The Labute approximate surface area is 204 Å². The molecule has 7 nitrogen and oxygen atoms in total. The van der Waals surface area contributed by atoms with Gasteiger partial charge in [-0.2, -0.15) is 5.26 Å². The molecular weight excluding hydrogens is 448 g/mol. The van der Waals surface area contributed by atoms with Crippen molar-refractivity contribution in [2.45, 2.75) is 32.5 Å². The van der Waals surface area contributed by atoms with Crippen molar-refractivity contribution < 1.29 is 14.2 Å². The van der Waals surface area contributed by atoms with Crippen LogP contribution in [0.15, 0.2) is 48.5 Å². The van der Waals surface area contributed by atoms with E-state index in [1.165, 1.54) is 0 Å². The van der Waals surface area contributed by atoms with Crippen LogP contribution in [-0.2, 0) is 4.74 Å². The Morgan fingerprint density at radius 3 is 2.32 bits per heavy atom. The highest BCUT2D eigenvalue weighted by Gasteiger charge is 2.21. The molecule has 1 aliphatic rings. The molecule has 0 amide bonds. The van der Waals surface area contributed by atoms with Crippen LogP contribution < -0.4 is 19.7 Å². The molecule has 1 saturated heterocycles. The van der Waals surface area contributed by atoms with Crippen molar-refractivity contribution in [1.29, 1.82) is 5.26 Å². The quantitative estimate of drug-likeness (QED) is 0.384. The Kier molecular flexibility index (Phi) is 8.23. The zero-order chi connectivity index (χ0) is 23.8. The number of rotatable bonds is 10. The van der Waals surface area contributed by atoms with Crippen molar-refractivity contribution in [2.24, 2.45) is 0 Å². The highest BCUT2D eigenvalue weighted by Crippen LogP contribution is 2.39. The fraction of sp³-hybridized carbons (Fsp3) is 0.385. The summed E-state index contributed by atoms with van der Waals surface area (Å²) >= 11 is 1.67. The van der Waals surface area contributed by atoms with Crippen molar-refractivity contribution in [3.8, 4) is 28.8 Å². The third-order valence-electron chi connectivity index (χ3n) is 5.56. The first-order chi connectivity index (χ1) is 16.7. The smallest absolute Gasteiger partial charge is 0.241 e. The summed E-state index contributed by atoms with van der Waals surface area (Å²) in [6.45, 7) is 5.35. The fourth-order valence-corrected chi connectivity index (χ4v) is 4.70. The number of nitrogens with one attached hydrogen (secondary N) is 1. The number of nitriles is 1. The van der Waals surface area contributed by atoms with E-state index < -0.39 is 6.29 Å². The molecular formula is C26H30N4O3S. The molecule has 1 unspecified atom stereocenters. The van der Waals surface area contributed by atoms with Crippen molar-refractivity contribution in [3.63, 3.8) is 0 Å². The standard InChI is InChI=1S/C26H30N4O3S/c1-3-4-5-23(32-21-10-6-19(18-27)7-11-21)33-22-12-8-20(9-13-22)24-25(34-26(28-2)29-24)30-14-16-31-17-15-30/h6-13,23H,3-5,14-17H2,1-2H3,(H,28,29). The molecule has 0 bridgehead atoms. The Bertz CT molecular complexity index is 1090. The summed E-state index contributed by atoms with van der Waals surface area (Å²) in [6, 6.07) is 17.3. The molecule has 1 aromatic heterocycles. The average molecular weight is 479 g/mol. The maximum absolute atomic E-state index is 9.00. The van der Waals surface area contributed by atoms with E-state index in [0.717, 1.165) is 72.7 Å². The number of unbranched alkanes of at least 4 members (excludes halogenated alkanes) is 1. The number of thiazole rings is 1. The summed E-state index contributed by atoms with van der Waals surface area (Å²) in [4.78, 5) is 7.15. The number of ether oxygens (including phenoxy) is 3. The van der Waals surface area contributed by atoms with Crippen LogP contribution in [0.5, 0.6) is 11.5 Å². The van der Waals surface area contributed by atoms with E-state index in [1.807, 2.05) is 31.3 Å². The molecule has 1 aliphatic heterocycles. The minimum atomic E-state index is -0.405. The van der Waals surface area contributed by atoms with Gasteiger partial charge >= 0.3 is 0 Å². The van der Waals surface area contributed by atoms with E-state index in [2.05, 4.69) is 23.2 Å². The molecule has 1 fully saturated rings. The molecule has 0 saturated carbocycles. The summed E-state index contributed by atoms with van der Waals surface area (Å²) in [6.07, 6.45) is 2.42. The van der Waals surface area contributed by atoms with Gasteiger partial charge in [-0.1, -0.05) is 24.7 Å². The molecule has 178 valence electrons. The molecule has 4 rings (SSSR count). The van der Waals surface area contributed by atoms with E-state index in [-0.39, 0.29) is 0 Å². The summed E-state index contributed by atoms with van der Waals surface area (Å²) in [7, 11) is 1.90. The van der Waals surface area contributed by atoms with E-state index in [4.69, 9.17) is 24.5 Å². The van der Waals surface area contributed by atoms with Crippen LogP contribution in [0.4, 0.5) is 10.1 Å². The summed E-state index contributed by atoms with van der Waals surface area (Å²) in [5, 5.41) is 14.2. The van der Waals surface area contributed by atoms with Gasteiger partial charge in [0.25, 0.3) is 0 Å². The average Bonchev–Trinajstić information content (AvgIpc) is 3.33.